The smallest absolute Gasteiger partial charge is 0.226 e. The number of amides is 1. The highest BCUT2D eigenvalue weighted by Crippen LogP contribution is 2.48. The molecule has 108 valence electrons. The number of hydrogen-bond donors (Lipinski definition) is 0. The number of pyridine rings is 2. The maximum atomic E-state index is 12.6. The molecule has 0 bridgehead atoms. The van der Waals surface area contributed by atoms with Gasteiger partial charge in [0.2, 0.25) is 5.91 Å². The van der Waals surface area contributed by atoms with E-state index in [9.17, 15) is 4.79 Å². The average molecular weight is 281 g/mol. The lowest BCUT2D eigenvalue weighted by Gasteiger charge is -2.24. The molecule has 1 fully saturated rings. The zero-order valence-electron chi connectivity index (χ0n) is 12.3. The third-order valence-corrected chi connectivity index (χ3v) is 4.26. The molecule has 0 spiro atoms. The summed E-state index contributed by atoms with van der Waals surface area (Å²) in [5.74, 6) is 0.608. The molecule has 3 unspecified atom stereocenters. The summed E-state index contributed by atoms with van der Waals surface area (Å²) < 4.78 is 0. The monoisotopic (exact) mass is 281 g/mol. The van der Waals surface area contributed by atoms with Gasteiger partial charge in [0.15, 0.2) is 0 Å². The van der Waals surface area contributed by atoms with E-state index in [0.717, 1.165) is 17.7 Å². The Labute approximate surface area is 124 Å². The second-order valence-corrected chi connectivity index (χ2v) is 5.61. The van der Waals surface area contributed by atoms with Crippen LogP contribution in [-0.2, 0) is 4.79 Å². The molecular formula is C17H19N3O. The van der Waals surface area contributed by atoms with Gasteiger partial charge in [-0.25, -0.2) is 0 Å². The Kier molecular flexibility index (Phi) is 3.69. The quantitative estimate of drug-likeness (QED) is 0.865. The normalized spacial score (nSPS) is 21.6. The van der Waals surface area contributed by atoms with E-state index in [1.165, 1.54) is 0 Å². The van der Waals surface area contributed by atoms with Gasteiger partial charge < -0.3 is 4.90 Å². The average Bonchev–Trinajstić information content (AvgIpc) is 3.35. The zero-order valence-corrected chi connectivity index (χ0v) is 12.3. The number of nitrogens with zero attached hydrogens (tertiary/aromatic N) is 3. The SMILES string of the molecule is CC(c1ccccn1)N(C)C(=O)C1CC1c1cccnc1. The summed E-state index contributed by atoms with van der Waals surface area (Å²) in [4.78, 5) is 22.9. The summed E-state index contributed by atoms with van der Waals surface area (Å²) in [5, 5.41) is 0. The number of rotatable bonds is 4. The second kappa shape index (κ2) is 5.64. The standard InChI is InChI=1S/C17H19N3O/c1-12(16-7-3-4-9-19-16)20(2)17(21)15-10-14(15)13-6-5-8-18-11-13/h3-9,11-12,14-15H,10H2,1-2H3. The Morgan fingerprint density at radius 3 is 2.81 bits per heavy atom. The van der Waals surface area contributed by atoms with Crippen LogP contribution in [0.15, 0.2) is 48.9 Å². The minimum atomic E-state index is -0.00570. The molecule has 2 aromatic rings. The molecule has 3 atom stereocenters. The van der Waals surface area contributed by atoms with Crippen molar-refractivity contribution in [1.29, 1.82) is 0 Å². The van der Waals surface area contributed by atoms with Gasteiger partial charge in [-0.05, 0) is 43.0 Å². The summed E-state index contributed by atoms with van der Waals surface area (Å²) in [6, 6.07) is 9.76. The molecule has 0 saturated heterocycles. The van der Waals surface area contributed by atoms with Crippen molar-refractivity contribution in [2.75, 3.05) is 7.05 Å². The Morgan fingerprint density at radius 1 is 1.29 bits per heavy atom. The molecule has 1 saturated carbocycles. The van der Waals surface area contributed by atoms with Crippen LogP contribution in [0.4, 0.5) is 0 Å². The fraction of sp³-hybridized carbons (Fsp3) is 0.353. The van der Waals surface area contributed by atoms with Crippen molar-refractivity contribution >= 4 is 5.91 Å². The molecule has 1 aliphatic rings. The zero-order chi connectivity index (χ0) is 14.8. The van der Waals surface area contributed by atoms with E-state index in [1.54, 1.807) is 12.4 Å². The Morgan fingerprint density at radius 2 is 2.14 bits per heavy atom. The predicted octanol–water partition coefficient (Wildman–Crippen LogP) is 2.80. The lowest BCUT2D eigenvalue weighted by molar-refractivity contribution is -0.133. The van der Waals surface area contributed by atoms with E-state index in [-0.39, 0.29) is 17.9 Å². The lowest BCUT2D eigenvalue weighted by Crippen LogP contribution is -2.31. The second-order valence-electron chi connectivity index (χ2n) is 5.61. The van der Waals surface area contributed by atoms with Crippen molar-refractivity contribution in [3.63, 3.8) is 0 Å². The van der Waals surface area contributed by atoms with Crippen molar-refractivity contribution in [2.45, 2.75) is 25.3 Å². The van der Waals surface area contributed by atoms with Crippen LogP contribution in [0.25, 0.3) is 0 Å². The third kappa shape index (κ3) is 2.79. The first-order valence-electron chi connectivity index (χ1n) is 7.26. The molecule has 4 heteroatoms. The van der Waals surface area contributed by atoms with Crippen LogP contribution in [0.5, 0.6) is 0 Å². The van der Waals surface area contributed by atoms with Crippen molar-refractivity contribution in [2.24, 2.45) is 5.92 Å². The first kappa shape index (κ1) is 13.7. The number of carbonyl (C=O) groups is 1. The summed E-state index contributed by atoms with van der Waals surface area (Å²) in [7, 11) is 1.86. The predicted molar refractivity (Wildman–Crippen MR) is 80.5 cm³/mol. The highest BCUT2D eigenvalue weighted by atomic mass is 16.2. The molecule has 1 amide bonds. The molecule has 1 aliphatic carbocycles. The van der Waals surface area contributed by atoms with Crippen LogP contribution in [0.2, 0.25) is 0 Å². The molecular weight excluding hydrogens is 262 g/mol. The van der Waals surface area contributed by atoms with Crippen molar-refractivity contribution in [1.82, 2.24) is 14.9 Å². The van der Waals surface area contributed by atoms with Crippen LogP contribution < -0.4 is 0 Å². The van der Waals surface area contributed by atoms with Crippen molar-refractivity contribution < 1.29 is 4.79 Å². The van der Waals surface area contributed by atoms with E-state index < -0.39 is 0 Å². The van der Waals surface area contributed by atoms with Gasteiger partial charge in [0, 0.05) is 31.6 Å². The van der Waals surface area contributed by atoms with E-state index in [2.05, 4.69) is 9.97 Å². The first-order valence-corrected chi connectivity index (χ1v) is 7.26. The molecule has 4 nitrogen and oxygen atoms in total. The highest BCUT2D eigenvalue weighted by Gasteiger charge is 2.46. The molecule has 3 rings (SSSR count). The number of aromatic nitrogens is 2. The lowest BCUT2D eigenvalue weighted by atomic mass is 10.1. The van der Waals surface area contributed by atoms with Gasteiger partial charge in [-0.3, -0.25) is 14.8 Å². The number of carbonyl (C=O) groups excluding carboxylic acids is 1. The van der Waals surface area contributed by atoms with Gasteiger partial charge in [-0.2, -0.15) is 0 Å². The summed E-state index contributed by atoms with van der Waals surface area (Å²) in [6.45, 7) is 2.02. The van der Waals surface area contributed by atoms with E-state index in [4.69, 9.17) is 0 Å². The fourth-order valence-corrected chi connectivity index (χ4v) is 2.71. The van der Waals surface area contributed by atoms with Crippen LogP contribution in [0.3, 0.4) is 0 Å². The highest BCUT2D eigenvalue weighted by molar-refractivity contribution is 5.83. The largest absolute Gasteiger partial charge is 0.337 e. The first-order chi connectivity index (χ1) is 10.2. The molecule has 0 aromatic carbocycles. The van der Waals surface area contributed by atoms with Gasteiger partial charge in [0.25, 0.3) is 0 Å². The molecule has 0 N–H and O–H groups in total. The Hall–Kier alpha value is -2.23. The van der Waals surface area contributed by atoms with Crippen LogP contribution in [0.1, 0.15) is 36.6 Å². The minimum absolute atomic E-state index is 0.00570. The van der Waals surface area contributed by atoms with Crippen LogP contribution >= 0.6 is 0 Å². The molecule has 21 heavy (non-hydrogen) atoms. The fourth-order valence-electron chi connectivity index (χ4n) is 2.71. The topological polar surface area (TPSA) is 46.1 Å². The molecule has 2 heterocycles. The summed E-state index contributed by atoms with van der Waals surface area (Å²) in [5.41, 5.74) is 2.08. The van der Waals surface area contributed by atoms with Crippen LogP contribution in [-0.4, -0.2) is 27.8 Å². The Balaban J connectivity index is 1.67. The van der Waals surface area contributed by atoms with Crippen molar-refractivity contribution in [3.8, 4) is 0 Å². The van der Waals surface area contributed by atoms with Gasteiger partial charge in [0.1, 0.15) is 0 Å². The van der Waals surface area contributed by atoms with Gasteiger partial charge in [0.05, 0.1) is 11.7 Å². The minimum Gasteiger partial charge on any atom is -0.337 e. The van der Waals surface area contributed by atoms with E-state index in [0.29, 0.717) is 5.92 Å². The maximum Gasteiger partial charge on any atom is 0.226 e. The third-order valence-electron chi connectivity index (χ3n) is 4.26. The number of hydrogen-bond acceptors (Lipinski definition) is 3. The molecule has 0 radical (unpaired) electrons. The van der Waals surface area contributed by atoms with Gasteiger partial charge >= 0.3 is 0 Å². The van der Waals surface area contributed by atoms with Crippen LogP contribution in [0, 0.1) is 5.92 Å². The molecule has 2 aromatic heterocycles. The molecule has 0 aliphatic heterocycles. The summed E-state index contributed by atoms with van der Waals surface area (Å²) >= 11 is 0. The van der Waals surface area contributed by atoms with E-state index in [1.807, 2.05) is 55.4 Å². The maximum absolute atomic E-state index is 12.6. The van der Waals surface area contributed by atoms with Gasteiger partial charge in [-0.1, -0.05) is 12.1 Å². The van der Waals surface area contributed by atoms with Gasteiger partial charge in [-0.15, -0.1) is 0 Å². The summed E-state index contributed by atoms with van der Waals surface area (Å²) in [6.07, 6.45) is 6.31. The Bertz CT molecular complexity index is 614. The van der Waals surface area contributed by atoms with E-state index >= 15 is 0 Å². The van der Waals surface area contributed by atoms with Crippen molar-refractivity contribution in [3.05, 3.63) is 60.2 Å².